The number of esters is 3. The fourth-order valence-electron chi connectivity index (χ4n) is 1.69. The molecule has 19 heavy (non-hydrogen) atoms. The van der Waals surface area contributed by atoms with E-state index in [4.69, 9.17) is 18.9 Å². The molecule has 1 heterocycles. The third-order valence-corrected chi connectivity index (χ3v) is 2.34. The molecule has 0 aromatic rings. The van der Waals surface area contributed by atoms with Crippen LogP contribution in [0.5, 0.6) is 0 Å². The molecule has 0 unspecified atom stereocenters. The topological polar surface area (TPSA) is 108 Å². The van der Waals surface area contributed by atoms with E-state index < -0.39 is 42.5 Å². The molecule has 4 atom stereocenters. The molecule has 0 aromatic carbocycles. The zero-order valence-corrected chi connectivity index (χ0v) is 10.8. The van der Waals surface area contributed by atoms with Crippen molar-refractivity contribution in [3.8, 4) is 0 Å². The minimum Gasteiger partial charge on any atom is -0.463 e. The van der Waals surface area contributed by atoms with E-state index in [9.17, 15) is 19.5 Å². The van der Waals surface area contributed by atoms with Crippen LogP contribution in [0.2, 0.25) is 0 Å². The van der Waals surface area contributed by atoms with Crippen LogP contribution in [-0.4, -0.2) is 54.2 Å². The van der Waals surface area contributed by atoms with Crippen molar-refractivity contribution in [2.45, 2.75) is 45.4 Å². The number of ether oxygens (including phenoxy) is 4. The van der Waals surface area contributed by atoms with Crippen molar-refractivity contribution in [2.75, 3.05) is 6.61 Å². The highest BCUT2D eigenvalue weighted by atomic mass is 16.7. The van der Waals surface area contributed by atoms with Gasteiger partial charge in [-0.2, -0.15) is 0 Å². The molecule has 0 aromatic heterocycles. The first-order chi connectivity index (χ1) is 8.81. The summed E-state index contributed by atoms with van der Waals surface area (Å²) >= 11 is 0. The lowest BCUT2D eigenvalue weighted by atomic mass is 10.1. The maximum absolute atomic E-state index is 11.0. The Labute approximate surface area is 109 Å². The van der Waals surface area contributed by atoms with Crippen LogP contribution >= 0.6 is 0 Å². The minimum atomic E-state index is -1.45. The van der Waals surface area contributed by atoms with E-state index in [1.54, 1.807) is 0 Å². The molecule has 0 radical (unpaired) electrons. The molecule has 0 spiro atoms. The van der Waals surface area contributed by atoms with Crippen LogP contribution in [0.15, 0.2) is 0 Å². The number of carbonyl (C=O) groups is 3. The molecule has 8 nitrogen and oxygen atoms in total. The summed E-state index contributed by atoms with van der Waals surface area (Å²) in [5.41, 5.74) is 0. The average Bonchev–Trinajstić information content (AvgIpc) is 2.53. The van der Waals surface area contributed by atoms with Crippen LogP contribution in [-0.2, 0) is 33.3 Å². The molecular formula is C11H16O8. The second-order valence-electron chi connectivity index (χ2n) is 4.02. The van der Waals surface area contributed by atoms with Gasteiger partial charge in [0.15, 0.2) is 18.5 Å². The van der Waals surface area contributed by atoms with Gasteiger partial charge in [0.1, 0.15) is 12.7 Å². The summed E-state index contributed by atoms with van der Waals surface area (Å²) in [6.45, 7) is 3.30. The lowest BCUT2D eigenvalue weighted by molar-refractivity contribution is -0.174. The largest absolute Gasteiger partial charge is 0.463 e. The van der Waals surface area contributed by atoms with Gasteiger partial charge in [-0.3, -0.25) is 14.4 Å². The van der Waals surface area contributed by atoms with Gasteiger partial charge in [0.2, 0.25) is 0 Å². The molecule has 1 aliphatic heterocycles. The van der Waals surface area contributed by atoms with Crippen LogP contribution in [0.4, 0.5) is 0 Å². The summed E-state index contributed by atoms with van der Waals surface area (Å²) in [5, 5.41) is 9.63. The Hall–Kier alpha value is -1.67. The van der Waals surface area contributed by atoms with Gasteiger partial charge >= 0.3 is 17.9 Å². The Bertz CT molecular complexity index is 366. The van der Waals surface area contributed by atoms with Crippen molar-refractivity contribution in [1.29, 1.82) is 0 Å². The summed E-state index contributed by atoms with van der Waals surface area (Å²) in [5.74, 6) is -1.83. The van der Waals surface area contributed by atoms with Crippen LogP contribution in [0, 0.1) is 0 Å². The molecular weight excluding hydrogens is 260 g/mol. The van der Waals surface area contributed by atoms with Crippen LogP contribution in [0.1, 0.15) is 20.8 Å². The van der Waals surface area contributed by atoms with Gasteiger partial charge in [-0.15, -0.1) is 0 Å². The Kier molecular flexibility index (Phi) is 5.25. The number of rotatable bonds is 4. The predicted octanol–water partition coefficient (Wildman–Crippen LogP) is -0.870. The summed E-state index contributed by atoms with van der Waals surface area (Å²) in [4.78, 5) is 32.7. The summed E-state index contributed by atoms with van der Waals surface area (Å²) in [6, 6.07) is 0. The lowest BCUT2D eigenvalue weighted by Gasteiger charge is -2.21. The molecule has 0 saturated carbocycles. The van der Waals surface area contributed by atoms with Crippen molar-refractivity contribution in [3.63, 3.8) is 0 Å². The van der Waals surface area contributed by atoms with E-state index in [2.05, 4.69) is 0 Å². The van der Waals surface area contributed by atoms with Gasteiger partial charge in [0.05, 0.1) is 0 Å². The summed E-state index contributed by atoms with van der Waals surface area (Å²) < 4.78 is 19.6. The zero-order valence-electron chi connectivity index (χ0n) is 10.8. The van der Waals surface area contributed by atoms with Gasteiger partial charge in [0, 0.05) is 20.8 Å². The predicted molar refractivity (Wildman–Crippen MR) is 58.6 cm³/mol. The van der Waals surface area contributed by atoms with Gasteiger partial charge in [0.25, 0.3) is 0 Å². The fraction of sp³-hybridized carbons (Fsp3) is 0.727. The van der Waals surface area contributed by atoms with Gasteiger partial charge < -0.3 is 24.1 Å². The van der Waals surface area contributed by atoms with E-state index in [1.165, 1.54) is 13.8 Å². The highest BCUT2D eigenvalue weighted by molar-refractivity contribution is 5.67. The maximum atomic E-state index is 11.0. The van der Waals surface area contributed by atoms with E-state index in [0.29, 0.717) is 0 Å². The second-order valence-corrected chi connectivity index (χ2v) is 4.02. The molecule has 1 fully saturated rings. The third kappa shape index (κ3) is 4.49. The van der Waals surface area contributed by atoms with E-state index in [-0.39, 0.29) is 6.61 Å². The molecule has 0 amide bonds. The highest BCUT2D eigenvalue weighted by Gasteiger charge is 2.48. The van der Waals surface area contributed by atoms with Gasteiger partial charge in [-0.1, -0.05) is 0 Å². The molecule has 1 aliphatic rings. The number of hydrogen-bond donors (Lipinski definition) is 1. The van der Waals surface area contributed by atoms with E-state index in [1.807, 2.05) is 0 Å². The SMILES string of the molecule is CC(=O)OC[C@H]1O[C@H](O)[C@@H](OC(C)=O)[C@H]1OC(C)=O. The lowest BCUT2D eigenvalue weighted by Crippen LogP contribution is -2.41. The molecule has 108 valence electrons. The van der Waals surface area contributed by atoms with Crippen molar-refractivity contribution in [3.05, 3.63) is 0 Å². The molecule has 0 bridgehead atoms. The van der Waals surface area contributed by atoms with Crippen molar-refractivity contribution in [2.24, 2.45) is 0 Å². The first-order valence-electron chi connectivity index (χ1n) is 5.62. The minimum absolute atomic E-state index is 0.220. The molecule has 0 aliphatic carbocycles. The summed E-state index contributed by atoms with van der Waals surface area (Å²) in [6.07, 6.45) is -4.53. The van der Waals surface area contributed by atoms with Crippen molar-refractivity contribution in [1.82, 2.24) is 0 Å². The second kappa shape index (κ2) is 6.48. The smallest absolute Gasteiger partial charge is 0.303 e. The van der Waals surface area contributed by atoms with Crippen LogP contribution in [0.25, 0.3) is 0 Å². The Morgan fingerprint density at radius 2 is 1.53 bits per heavy atom. The van der Waals surface area contributed by atoms with Crippen LogP contribution < -0.4 is 0 Å². The first kappa shape index (κ1) is 15.4. The average molecular weight is 276 g/mol. The fourth-order valence-corrected chi connectivity index (χ4v) is 1.69. The van der Waals surface area contributed by atoms with E-state index >= 15 is 0 Å². The normalized spacial score (nSPS) is 29.7. The first-order valence-corrected chi connectivity index (χ1v) is 5.62. The number of hydrogen-bond acceptors (Lipinski definition) is 8. The third-order valence-electron chi connectivity index (χ3n) is 2.34. The number of aliphatic hydroxyl groups is 1. The van der Waals surface area contributed by atoms with Crippen molar-refractivity contribution < 1.29 is 38.4 Å². The molecule has 1 N–H and O–H groups in total. The Balaban J connectivity index is 2.76. The molecule has 8 heteroatoms. The standard InChI is InChI=1S/C11H16O8/c1-5(12)16-4-8-9(17-6(2)13)10(11(15)19-8)18-7(3)14/h8-11,15H,4H2,1-3H3/t8-,9+,10+,11+/m1/s1. The van der Waals surface area contributed by atoms with Crippen molar-refractivity contribution >= 4 is 17.9 Å². The number of carbonyl (C=O) groups excluding carboxylic acids is 3. The van der Waals surface area contributed by atoms with Gasteiger partial charge in [-0.05, 0) is 0 Å². The Morgan fingerprint density at radius 3 is 2.00 bits per heavy atom. The Morgan fingerprint density at radius 1 is 1.00 bits per heavy atom. The van der Waals surface area contributed by atoms with Gasteiger partial charge in [-0.25, -0.2) is 0 Å². The highest BCUT2D eigenvalue weighted by Crippen LogP contribution is 2.26. The zero-order chi connectivity index (χ0) is 14.6. The van der Waals surface area contributed by atoms with E-state index in [0.717, 1.165) is 6.92 Å². The van der Waals surface area contributed by atoms with Crippen LogP contribution in [0.3, 0.4) is 0 Å². The monoisotopic (exact) mass is 276 g/mol. The summed E-state index contributed by atoms with van der Waals surface area (Å²) in [7, 11) is 0. The molecule has 1 rings (SSSR count). The maximum Gasteiger partial charge on any atom is 0.303 e. The number of aliphatic hydroxyl groups excluding tert-OH is 1. The molecule has 1 saturated heterocycles. The quantitative estimate of drug-likeness (QED) is 0.521.